The smallest absolute Gasteiger partial charge is 0.253 e. The Morgan fingerprint density at radius 1 is 1.06 bits per heavy atom. The van der Waals surface area contributed by atoms with E-state index in [1.807, 2.05) is 0 Å². The number of anilines is 1. The van der Waals surface area contributed by atoms with E-state index < -0.39 is 6.04 Å². The predicted octanol–water partition coefficient (Wildman–Crippen LogP) is 5.00. The Balaban J connectivity index is 1.59. The summed E-state index contributed by atoms with van der Waals surface area (Å²) in [6.07, 6.45) is 0. The van der Waals surface area contributed by atoms with Crippen molar-refractivity contribution in [1.29, 1.82) is 0 Å². The van der Waals surface area contributed by atoms with Gasteiger partial charge in [-0.2, -0.15) is 0 Å². The fraction of sp³-hybridized carbons (Fsp3) is 0.200. The Bertz CT molecular complexity index is 1100. The van der Waals surface area contributed by atoms with E-state index in [2.05, 4.69) is 20.8 Å². The molecular formula is C20H18Cl3N5O2S. The number of rotatable bonds is 7. The molecule has 31 heavy (non-hydrogen) atoms. The van der Waals surface area contributed by atoms with Crippen molar-refractivity contribution in [2.24, 2.45) is 7.05 Å². The number of aromatic nitrogens is 3. The Hall–Kier alpha value is -2.26. The Morgan fingerprint density at radius 3 is 2.42 bits per heavy atom. The zero-order valence-corrected chi connectivity index (χ0v) is 19.6. The van der Waals surface area contributed by atoms with Crippen molar-refractivity contribution < 1.29 is 9.59 Å². The van der Waals surface area contributed by atoms with E-state index in [-0.39, 0.29) is 22.6 Å². The van der Waals surface area contributed by atoms with E-state index in [1.54, 1.807) is 54.9 Å². The second kappa shape index (κ2) is 10.4. The van der Waals surface area contributed by atoms with Gasteiger partial charge in [0.15, 0.2) is 11.0 Å². The van der Waals surface area contributed by atoms with Gasteiger partial charge in [0.1, 0.15) is 0 Å². The van der Waals surface area contributed by atoms with E-state index in [0.29, 0.717) is 32.3 Å². The van der Waals surface area contributed by atoms with Crippen molar-refractivity contribution in [1.82, 2.24) is 20.1 Å². The normalized spacial score (nSPS) is 11.8. The van der Waals surface area contributed by atoms with Crippen LogP contribution in [0.4, 0.5) is 5.69 Å². The number of benzene rings is 2. The number of nitrogens with one attached hydrogen (secondary N) is 2. The van der Waals surface area contributed by atoms with Gasteiger partial charge < -0.3 is 15.2 Å². The van der Waals surface area contributed by atoms with Crippen LogP contribution in [-0.4, -0.2) is 32.3 Å². The quantitative estimate of drug-likeness (QED) is 0.448. The molecule has 1 aromatic heterocycles. The number of amides is 2. The van der Waals surface area contributed by atoms with Crippen molar-refractivity contribution in [2.75, 3.05) is 11.1 Å². The fourth-order valence-electron chi connectivity index (χ4n) is 2.70. The third-order valence-electron chi connectivity index (χ3n) is 4.24. The third-order valence-corrected chi connectivity index (χ3v) is 6.06. The van der Waals surface area contributed by atoms with Gasteiger partial charge in [0.2, 0.25) is 5.91 Å². The van der Waals surface area contributed by atoms with Crippen LogP contribution >= 0.6 is 46.6 Å². The minimum absolute atomic E-state index is 0.149. The zero-order valence-electron chi connectivity index (χ0n) is 16.5. The van der Waals surface area contributed by atoms with Crippen molar-refractivity contribution >= 4 is 64.1 Å². The molecule has 2 N–H and O–H groups in total. The summed E-state index contributed by atoms with van der Waals surface area (Å²) >= 11 is 19.1. The third kappa shape index (κ3) is 6.13. The topological polar surface area (TPSA) is 88.9 Å². The number of nitrogens with zero attached hydrogens (tertiary/aromatic N) is 3. The fourth-order valence-corrected chi connectivity index (χ4v) is 4.04. The number of thioether (sulfide) groups is 1. The number of carbonyl (C=O) groups is 2. The summed E-state index contributed by atoms with van der Waals surface area (Å²) in [5, 5.41) is 15.7. The standard InChI is InChI=1S/C20H18Cl3N5O2S/c1-11(24-19(30)15-8-5-13(22)9-16(15)23)18-26-27-20(28(18)2)31-10-17(29)25-14-6-3-12(21)4-7-14/h3-9,11H,10H2,1-2H3,(H,24,30)(H,25,29). The largest absolute Gasteiger partial charge is 0.342 e. The summed E-state index contributed by atoms with van der Waals surface area (Å²) in [6.45, 7) is 1.79. The van der Waals surface area contributed by atoms with Crippen LogP contribution in [0.25, 0.3) is 0 Å². The molecule has 0 bridgehead atoms. The molecule has 2 amide bonds. The summed E-state index contributed by atoms with van der Waals surface area (Å²) in [4.78, 5) is 24.7. The lowest BCUT2D eigenvalue weighted by Gasteiger charge is -2.14. The molecule has 0 aliphatic carbocycles. The highest BCUT2D eigenvalue weighted by atomic mass is 35.5. The van der Waals surface area contributed by atoms with Crippen LogP contribution < -0.4 is 10.6 Å². The maximum Gasteiger partial charge on any atom is 0.253 e. The zero-order chi connectivity index (χ0) is 22.5. The first-order chi connectivity index (χ1) is 14.7. The molecule has 3 rings (SSSR count). The molecule has 162 valence electrons. The minimum Gasteiger partial charge on any atom is -0.342 e. The van der Waals surface area contributed by atoms with Crippen molar-refractivity contribution in [3.8, 4) is 0 Å². The molecule has 11 heteroatoms. The summed E-state index contributed by atoms with van der Waals surface area (Å²) in [6, 6.07) is 11.1. The van der Waals surface area contributed by atoms with Gasteiger partial charge in [-0.1, -0.05) is 46.6 Å². The van der Waals surface area contributed by atoms with Crippen LogP contribution in [0.3, 0.4) is 0 Å². The highest BCUT2D eigenvalue weighted by Crippen LogP contribution is 2.23. The molecule has 0 aliphatic rings. The lowest BCUT2D eigenvalue weighted by Crippen LogP contribution is -2.28. The SMILES string of the molecule is CC(NC(=O)c1ccc(Cl)cc1Cl)c1nnc(SCC(=O)Nc2ccc(Cl)cc2)n1C. The molecule has 1 atom stereocenters. The average Bonchev–Trinajstić information content (AvgIpc) is 3.08. The maximum atomic E-state index is 12.5. The summed E-state index contributed by atoms with van der Waals surface area (Å²) < 4.78 is 1.73. The second-order valence-electron chi connectivity index (χ2n) is 6.56. The summed E-state index contributed by atoms with van der Waals surface area (Å²) in [5.41, 5.74) is 0.972. The van der Waals surface area contributed by atoms with Crippen LogP contribution in [0, 0.1) is 0 Å². The van der Waals surface area contributed by atoms with Crippen LogP contribution in [0.2, 0.25) is 15.1 Å². The van der Waals surface area contributed by atoms with E-state index in [9.17, 15) is 9.59 Å². The summed E-state index contributed by atoms with van der Waals surface area (Å²) in [7, 11) is 1.77. The van der Waals surface area contributed by atoms with Gasteiger partial charge in [0.25, 0.3) is 5.91 Å². The van der Waals surface area contributed by atoms with Crippen LogP contribution in [0.5, 0.6) is 0 Å². The predicted molar refractivity (Wildman–Crippen MR) is 124 cm³/mol. The van der Waals surface area contributed by atoms with E-state index in [1.165, 1.54) is 17.8 Å². The minimum atomic E-state index is -0.436. The first-order valence-electron chi connectivity index (χ1n) is 9.08. The number of halogens is 3. The lowest BCUT2D eigenvalue weighted by atomic mass is 10.2. The molecule has 0 radical (unpaired) electrons. The Kier molecular flexibility index (Phi) is 7.83. The average molecular weight is 499 g/mol. The molecule has 0 saturated heterocycles. The molecule has 1 unspecified atom stereocenters. The first-order valence-corrected chi connectivity index (χ1v) is 11.2. The molecule has 0 spiro atoms. The molecule has 0 aliphatic heterocycles. The van der Waals surface area contributed by atoms with Crippen molar-refractivity contribution in [2.45, 2.75) is 18.1 Å². The van der Waals surface area contributed by atoms with Crippen molar-refractivity contribution in [3.63, 3.8) is 0 Å². The first kappa shape index (κ1) is 23.4. The molecule has 2 aromatic carbocycles. The molecule has 0 saturated carbocycles. The highest BCUT2D eigenvalue weighted by Gasteiger charge is 2.20. The van der Waals surface area contributed by atoms with Crippen molar-refractivity contribution in [3.05, 3.63) is 68.9 Å². The van der Waals surface area contributed by atoms with E-state index >= 15 is 0 Å². The van der Waals surface area contributed by atoms with Gasteiger partial charge in [0, 0.05) is 22.8 Å². The monoisotopic (exact) mass is 497 g/mol. The van der Waals surface area contributed by atoms with E-state index in [0.717, 1.165) is 0 Å². The Morgan fingerprint density at radius 2 is 1.74 bits per heavy atom. The van der Waals surface area contributed by atoms with Gasteiger partial charge >= 0.3 is 0 Å². The molecule has 3 aromatic rings. The van der Waals surface area contributed by atoms with Crippen LogP contribution in [-0.2, 0) is 11.8 Å². The number of carbonyl (C=O) groups excluding carboxylic acids is 2. The second-order valence-corrected chi connectivity index (χ2v) is 8.79. The van der Waals surface area contributed by atoms with Gasteiger partial charge in [-0.05, 0) is 49.4 Å². The summed E-state index contributed by atoms with van der Waals surface area (Å²) in [5.74, 6) is 0.152. The maximum absolute atomic E-state index is 12.5. The van der Waals surface area contributed by atoms with Gasteiger partial charge in [-0.25, -0.2) is 0 Å². The Labute approximate surface area is 198 Å². The molecular weight excluding hydrogens is 481 g/mol. The number of hydrogen-bond donors (Lipinski definition) is 2. The van der Waals surface area contributed by atoms with E-state index in [4.69, 9.17) is 34.8 Å². The highest BCUT2D eigenvalue weighted by molar-refractivity contribution is 7.99. The van der Waals surface area contributed by atoms with Crippen LogP contribution in [0.1, 0.15) is 29.1 Å². The van der Waals surface area contributed by atoms with Gasteiger partial charge in [-0.3, -0.25) is 9.59 Å². The molecule has 1 heterocycles. The molecule has 0 fully saturated rings. The van der Waals surface area contributed by atoms with Crippen LogP contribution in [0.15, 0.2) is 47.6 Å². The number of hydrogen-bond acceptors (Lipinski definition) is 5. The lowest BCUT2D eigenvalue weighted by molar-refractivity contribution is -0.113. The molecule has 7 nitrogen and oxygen atoms in total. The van der Waals surface area contributed by atoms with Gasteiger partial charge in [-0.15, -0.1) is 10.2 Å². The van der Waals surface area contributed by atoms with Gasteiger partial charge in [0.05, 0.1) is 22.4 Å².